The van der Waals surface area contributed by atoms with Gasteiger partial charge in [-0.3, -0.25) is 19.7 Å². The first-order chi connectivity index (χ1) is 14.4. The molecule has 8 heteroatoms. The Bertz CT molecular complexity index is 899. The first-order valence-electron chi connectivity index (χ1n) is 10.7. The summed E-state index contributed by atoms with van der Waals surface area (Å²) in [4.78, 5) is 51.5. The molecule has 160 valence electrons. The van der Waals surface area contributed by atoms with Crippen LogP contribution in [0.3, 0.4) is 0 Å². The fourth-order valence-electron chi connectivity index (χ4n) is 5.38. The molecule has 2 amide bonds. The third-order valence-electron chi connectivity index (χ3n) is 6.93. The normalized spacial score (nSPS) is 25.4. The Labute approximate surface area is 175 Å². The van der Waals surface area contributed by atoms with Crippen LogP contribution in [0.15, 0.2) is 12.1 Å². The number of carbonyl (C=O) groups excluding carboxylic acids is 3. The number of rotatable bonds is 5. The summed E-state index contributed by atoms with van der Waals surface area (Å²) in [5, 5.41) is 11.2. The largest absolute Gasteiger partial charge is 0.331 e. The van der Waals surface area contributed by atoms with E-state index >= 15 is 0 Å². The van der Waals surface area contributed by atoms with Gasteiger partial charge in [-0.1, -0.05) is 6.07 Å². The first-order valence-corrected chi connectivity index (χ1v) is 10.7. The maximum atomic E-state index is 13.1. The molecule has 3 atom stereocenters. The zero-order valence-electron chi connectivity index (χ0n) is 17.2. The highest BCUT2D eigenvalue weighted by Crippen LogP contribution is 2.36. The fraction of sp³-hybridized carbons (Fsp3) is 0.591. The van der Waals surface area contributed by atoms with E-state index in [-0.39, 0.29) is 34.4 Å². The number of nitro groups is 1. The van der Waals surface area contributed by atoms with Crippen LogP contribution in [0.1, 0.15) is 48.8 Å². The molecular formula is C22H27N3O5. The van der Waals surface area contributed by atoms with Crippen LogP contribution in [0.5, 0.6) is 0 Å². The Morgan fingerprint density at radius 2 is 1.90 bits per heavy atom. The van der Waals surface area contributed by atoms with Crippen molar-refractivity contribution in [1.29, 1.82) is 0 Å². The summed E-state index contributed by atoms with van der Waals surface area (Å²) in [5.41, 5.74) is 2.88. The van der Waals surface area contributed by atoms with Gasteiger partial charge < -0.3 is 14.6 Å². The van der Waals surface area contributed by atoms with Gasteiger partial charge in [0.1, 0.15) is 12.3 Å². The van der Waals surface area contributed by atoms with Crippen molar-refractivity contribution in [3.63, 3.8) is 0 Å². The van der Waals surface area contributed by atoms with Crippen LogP contribution in [0.25, 0.3) is 0 Å². The number of hydrogen-bond acceptors (Lipinski definition) is 5. The van der Waals surface area contributed by atoms with Gasteiger partial charge in [0.2, 0.25) is 11.8 Å². The SMILES string of the molecule is Cc1c([N+](=O)[O-])ccc2c1CC(CC(=O)N1CCC[C@H]1C(=O)N1CCC[C@H]1C=O)C2. The molecule has 2 heterocycles. The number of likely N-dealkylation sites (tertiary alicyclic amines) is 2. The fourth-order valence-corrected chi connectivity index (χ4v) is 5.38. The molecule has 0 radical (unpaired) electrons. The molecule has 30 heavy (non-hydrogen) atoms. The number of benzene rings is 1. The van der Waals surface area contributed by atoms with Crippen LogP contribution in [0.4, 0.5) is 5.69 Å². The van der Waals surface area contributed by atoms with Gasteiger partial charge in [-0.15, -0.1) is 0 Å². The summed E-state index contributed by atoms with van der Waals surface area (Å²) in [6, 6.07) is 2.52. The summed E-state index contributed by atoms with van der Waals surface area (Å²) < 4.78 is 0. The van der Waals surface area contributed by atoms with Gasteiger partial charge in [0, 0.05) is 31.1 Å². The highest BCUT2D eigenvalue weighted by Gasteiger charge is 2.40. The Morgan fingerprint density at radius 1 is 1.17 bits per heavy atom. The molecule has 2 fully saturated rings. The van der Waals surface area contributed by atoms with Crippen molar-refractivity contribution in [3.8, 4) is 0 Å². The Balaban J connectivity index is 1.42. The van der Waals surface area contributed by atoms with Gasteiger partial charge in [-0.25, -0.2) is 0 Å². The minimum atomic E-state index is -0.468. The number of carbonyl (C=O) groups is 3. The Kier molecular flexibility index (Phi) is 5.58. The second-order valence-corrected chi connectivity index (χ2v) is 8.71. The maximum Gasteiger partial charge on any atom is 0.272 e. The molecule has 1 aromatic carbocycles. The number of amides is 2. The van der Waals surface area contributed by atoms with Gasteiger partial charge in [-0.05, 0) is 62.5 Å². The smallest absolute Gasteiger partial charge is 0.272 e. The topological polar surface area (TPSA) is 101 Å². The molecule has 0 aromatic heterocycles. The second-order valence-electron chi connectivity index (χ2n) is 8.71. The molecule has 8 nitrogen and oxygen atoms in total. The number of nitro benzene ring substituents is 1. The molecule has 1 aliphatic carbocycles. The van der Waals surface area contributed by atoms with E-state index in [1.165, 1.54) is 0 Å². The molecule has 1 unspecified atom stereocenters. The summed E-state index contributed by atoms with van der Waals surface area (Å²) in [6.45, 7) is 2.92. The van der Waals surface area contributed by atoms with Crippen LogP contribution in [0, 0.1) is 23.0 Å². The van der Waals surface area contributed by atoms with Crippen molar-refractivity contribution in [2.75, 3.05) is 13.1 Å². The third kappa shape index (κ3) is 3.59. The molecule has 1 aromatic rings. The summed E-state index contributed by atoms with van der Waals surface area (Å²) in [5.74, 6) is -0.0339. The summed E-state index contributed by atoms with van der Waals surface area (Å²) >= 11 is 0. The van der Waals surface area contributed by atoms with Gasteiger partial charge in [-0.2, -0.15) is 0 Å². The van der Waals surface area contributed by atoms with E-state index in [1.54, 1.807) is 28.9 Å². The van der Waals surface area contributed by atoms with E-state index in [0.29, 0.717) is 44.3 Å². The summed E-state index contributed by atoms with van der Waals surface area (Å²) in [6.07, 6.45) is 5.50. The van der Waals surface area contributed by atoms with E-state index in [2.05, 4.69) is 0 Å². The van der Waals surface area contributed by atoms with Crippen LogP contribution in [0.2, 0.25) is 0 Å². The second kappa shape index (κ2) is 8.16. The lowest BCUT2D eigenvalue weighted by atomic mass is 10.00. The zero-order valence-corrected chi connectivity index (χ0v) is 17.2. The Morgan fingerprint density at radius 3 is 2.63 bits per heavy atom. The van der Waals surface area contributed by atoms with E-state index in [0.717, 1.165) is 36.7 Å². The first kappa shape index (κ1) is 20.5. The number of aldehydes is 1. The molecule has 3 aliphatic rings. The van der Waals surface area contributed by atoms with Crippen molar-refractivity contribution in [1.82, 2.24) is 9.80 Å². The molecule has 2 aliphatic heterocycles. The van der Waals surface area contributed by atoms with Gasteiger partial charge in [0.25, 0.3) is 5.69 Å². The number of fused-ring (bicyclic) bond motifs is 1. The lowest BCUT2D eigenvalue weighted by Gasteiger charge is -2.30. The monoisotopic (exact) mass is 413 g/mol. The highest BCUT2D eigenvalue weighted by molar-refractivity contribution is 5.90. The molecule has 0 bridgehead atoms. The van der Waals surface area contributed by atoms with Crippen molar-refractivity contribution < 1.29 is 19.3 Å². The van der Waals surface area contributed by atoms with E-state index in [4.69, 9.17) is 0 Å². The van der Waals surface area contributed by atoms with Gasteiger partial charge in [0.05, 0.1) is 11.0 Å². The van der Waals surface area contributed by atoms with Crippen LogP contribution >= 0.6 is 0 Å². The maximum absolute atomic E-state index is 13.1. The van der Waals surface area contributed by atoms with Crippen molar-refractivity contribution in [2.24, 2.45) is 5.92 Å². The van der Waals surface area contributed by atoms with Gasteiger partial charge in [0.15, 0.2) is 0 Å². The van der Waals surface area contributed by atoms with Crippen LogP contribution < -0.4 is 0 Å². The average Bonchev–Trinajstić information content (AvgIpc) is 3.45. The third-order valence-corrected chi connectivity index (χ3v) is 6.93. The summed E-state index contributed by atoms with van der Waals surface area (Å²) in [7, 11) is 0. The molecular weight excluding hydrogens is 386 g/mol. The quantitative estimate of drug-likeness (QED) is 0.418. The van der Waals surface area contributed by atoms with Crippen molar-refractivity contribution in [3.05, 3.63) is 38.9 Å². The molecule has 0 N–H and O–H groups in total. The molecule has 0 saturated carbocycles. The van der Waals surface area contributed by atoms with E-state index in [9.17, 15) is 24.5 Å². The lowest BCUT2D eigenvalue weighted by molar-refractivity contribution is -0.385. The predicted octanol–water partition coefficient (Wildman–Crippen LogP) is 2.19. The highest BCUT2D eigenvalue weighted by atomic mass is 16.6. The minimum Gasteiger partial charge on any atom is -0.331 e. The number of nitrogens with zero attached hydrogens (tertiary/aromatic N) is 3. The van der Waals surface area contributed by atoms with E-state index < -0.39 is 6.04 Å². The van der Waals surface area contributed by atoms with E-state index in [1.807, 2.05) is 0 Å². The molecule has 0 spiro atoms. The number of hydrogen-bond donors (Lipinski definition) is 0. The molecule has 2 saturated heterocycles. The van der Waals surface area contributed by atoms with Crippen molar-refractivity contribution >= 4 is 23.8 Å². The minimum absolute atomic E-state index is 0.0299. The van der Waals surface area contributed by atoms with Gasteiger partial charge >= 0.3 is 0 Å². The predicted molar refractivity (Wildman–Crippen MR) is 109 cm³/mol. The zero-order chi connectivity index (χ0) is 21.4. The lowest BCUT2D eigenvalue weighted by Crippen LogP contribution is -2.49. The Hall–Kier alpha value is -2.77. The standard InChI is InChI=1S/C22H27N3O5/c1-14-18-11-15(10-16(18)6-7-19(14)25(29)30)12-21(27)24-9-3-5-20(24)22(28)23-8-2-4-17(23)13-26/h6-7,13,15,17,20H,2-5,8-12H2,1H3/t15?,17-,20-/m0/s1. The molecule has 4 rings (SSSR count). The van der Waals surface area contributed by atoms with Crippen LogP contribution in [-0.2, 0) is 27.2 Å². The van der Waals surface area contributed by atoms with Crippen molar-refractivity contribution in [2.45, 2.75) is 64.0 Å². The van der Waals surface area contributed by atoms with Crippen LogP contribution in [-0.4, -0.2) is 58.0 Å². The average molecular weight is 413 g/mol.